The largest absolute Gasteiger partial charge is 0.443 e. The summed E-state index contributed by atoms with van der Waals surface area (Å²) in [6.07, 6.45) is 3.25. The molecule has 4 aromatic heterocycles. The van der Waals surface area contributed by atoms with Crippen molar-refractivity contribution in [1.82, 2.24) is 15.0 Å². The molecule has 0 atom stereocenters. The normalized spacial score (nSPS) is 11.2. The molecular weight excluding hydrogens is 412 g/mol. The lowest BCUT2D eigenvalue weighted by atomic mass is 10.1. The van der Waals surface area contributed by atoms with Crippen molar-refractivity contribution >= 4 is 50.3 Å². The first kappa shape index (κ1) is 17.4. The Kier molecular flexibility index (Phi) is 4.56. The molecule has 0 spiro atoms. The molecule has 0 saturated heterocycles. The predicted octanol–water partition coefficient (Wildman–Crippen LogP) is 6.34. The summed E-state index contributed by atoms with van der Waals surface area (Å²) in [5.74, 6) is 1.41. The number of hydrogen-bond acceptors (Lipinski definition) is 7. The van der Waals surface area contributed by atoms with Gasteiger partial charge < -0.3 is 9.73 Å². The van der Waals surface area contributed by atoms with Gasteiger partial charge in [0.1, 0.15) is 23.2 Å². The van der Waals surface area contributed by atoms with E-state index < -0.39 is 0 Å². The third kappa shape index (κ3) is 3.28. The average molecular weight is 425 g/mol. The van der Waals surface area contributed by atoms with Crippen molar-refractivity contribution in [3.05, 3.63) is 70.5 Å². The topological polar surface area (TPSA) is 63.8 Å². The number of benzene rings is 1. The van der Waals surface area contributed by atoms with Crippen LogP contribution in [0.3, 0.4) is 0 Å². The average Bonchev–Trinajstić information content (AvgIpc) is 3.46. The van der Waals surface area contributed by atoms with Gasteiger partial charge >= 0.3 is 0 Å². The minimum atomic E-state index is 0.511. The van der Waals surface area contributed by atoms with E-state index in [1.54, 1.807) is 35.3 Å². The first-order chi connectivity index (χ1) is 13.8. The lowest BCUT2D eigenvalue weighted by Crippen LogP contribution is -2.02. The van der Waals surface area contributed by atoms with Gasteiger partial charge in [0.05, 0.1) is 22.5 Å². The van der Waals surface area contributed by atoms with Crippen molar-refractivity contribution in [2.24, 2.45) is 0 Å². The number of nitrogens with one attached hydrogen (secondary N) is 1. The SMILES string of the molecule is Clc1ccc(-c2csc3ncnc(NCc4coc(-c5cccs5)n4)c23)cc1. The quantitative estimate of drug-likeness (QED) is 0.356. The molecule has 138 valence electrons. The summed E-state index contributed by atoms with van der Waals surface area (Å²) in [5.41, 5.74) is 2.98. The van der Waals surface area contributed by atoms with Crippen molar-refractivity contribution in [3.63, 3.8) is 0 Å². The molecule has 8 heteroatoms. The number of aromatic nitrogens is 3. The third-order valence-corrected chi connectivity index (χ3v) is 6.24. The number of rotatable bonds is 5. The molecule has 0 unspecified atom stereocenters. The van der Waals surface area contributed by atoms with Crippen LogP contribution in [-0.4, -0.2) is 15.0 Å². The van der Waals surface area contributed by atoms with Gasteiger partial charge in [-0.25, -0.2) is 15.0 Å². The van der Waals surface area contributed by atoms with Crippen LogP contribution in [0, 0.1) is 0 Å². The van der Waals surface area contributed by atoms with Crippen LogP contribution in [0.5, 0.6) is 0 Å². The number of thiophene rings is 2. The monoisotopic (exact) mass is 424 g/mol. The van der Waals surface area contributed by atoms with Gasteiger partial charge in [-0.05, 0) is 29.1 Å². The molecule has 5 rings (SSSR count). The molecule has 0 aliphatic rings. The summed E-state index contributed by atoms with van der Waals surface area (Å²) in [5, 5.41) is 9.19. The van der Waals surface area contributed by atoms with Crippen LogP contribution in [0.15, 0.2) is 64.2 Å². The molecule has 1 aromatic carbocycles. The van der Waals surface area contributed by atoms with Crippen molar-refractivity contribution in [2.75, 3.05) is 5.32 Å². The highest BCUT2D eigenvalue weighted by Gasteiger charge is 2.14. The molecule has 0 radical (unpaired) electrons. The van der Waals surface area contributed by atoms with E-state index in [1.807, 2.05) is 41.8 Å². The maximum atomic E-state index is 6.03. The molecule has 5 aromatic rings. The van der Waals surface area contributed by atoms with Gasteiger partial charge in [0.15, 0.2) is 0 Å². The van der Waals surface area contributed by atoms with Crippen LogP contribution in [0.4, 0.5) is 5.82 Å². The number of hydrogen-bond donors (Lipinski definition) is 1. The standard InChI is InChI=1S/C20H13ClN4OS2/c21-13-5-3-12(4-6-13)15-10-28-20-17(15)18(23-11-24-20)22-8-14-9-26-19(25-14)16-2-1-7-27-16/h1-7,9-11H,8H2,(H,22,23,24). The van der Waals surface area contributed by atoms with Crippen LogP contribution in [0.25, 0.3) is 32.1 Å². The minimum absolute atomic E-state index is 0.511. The second-order valence-electron chi connectivity index (χ2n) is 6.03. The Balaban J connectivity index is 1.44. The molecule has 4 heterocycles. The van der Waals surface area contributed by atoms with Crippen molar-refractivity contribution in [3.8, 4) is 21.9 Å². The Morgan fingerprint density at radius 1 is 1.07 bits per heavy atom. The van der Waals surface area contributed by atoms with Crippen molar-refractivity contribution in [1.29, 1.82) is 0 Å². The molecule has 0 amide bonds. The van der Waals surface area contributed by atoms with Gasteiger partial charge in [0.2, 0.25) is 5.89 Å². The summed E-state index contributed by atoms with van der Waals surface area (Å²) in [6, 6.07) is 11.8. The zero-order chi connectivity index (χ0) is 18.9. The second-order valence-corrected chi connectivity index (χ2v) is 8.28. The highest BCUT2D eigenvalue weighted by Crippen LogP contribution is 2.37. The lowest BCUT2D eigenvalue weighted by molar-refractivity contribution is 0.574. The maximum absolute atomic E-state index is 6.03. The van der Waals surface area contributed by atoms with E-state index in [9.17, 15) is 0 Å². The van der Waals surface area contributed by atoms with Gasteiger partial charge in [0, 0.05) is 16.0 Å². The summed E-state index contributed by atoms with van der Waals surface area (Å²) in [4.78, 5) is 15.4. The van der Waals surface area contributed by atoms with E-state index in [1.165, 1.54) is 0 Å². The van der Waals surface area contributed by atoms with E-state index in [2.05, 4.69) is 25.6 Å². The number of nitrogens with zero attached hydrogens (tertiary/aromatic N) is 3. The lowest BCUT2D eigenvalue weighted by Gasteiger charge is -2.07. The Morgan fingerprint density at radius 3 is 2.79 bits per heavy atom. The number of fused-ring (bicyclic) bond motifs is 1. The first-order valence-corrected chi connectivity index (χ1v) is 10.6. The molecule has 5 nitrogen and oxygen atoms in total. The fraction of sp³-hybridized carbons (Fsp3) is 0.0500. The van der Waals surface area contributed by atoms with Crippen molar-refractivity contribution in [2.45, 2.75) is 6.54 Å². The Bertz CT molecular complexity index is 1230. The van der Waals surface area contributed by atoms with Crippen molar-refractivity contribution < 1.29 is 4.42 Å². The smallest absolute Gasteiger partial charge is 0.236 e. The molecule has 0 saturated carbocycles. The highest BCUT2D eigenvalue weighted by molar-refractivity contribution is 7.17. The maximum Gasteiger partial charge on any atom is 0.236 e. The van der Waals surface area contributed by atoms with Gasteiger partial charge in [-0.2, -0.15) is 0 Å². The van der Waals surface area contributed by atoms with E-state index in [-0.39, 0.29) is 0 Å². The highest BCUT2D eigenvalue weighted by atomic mass is 35.5. The molecule has 0 bridgehead atoms. The minimum Gasteiger partial charge on any atom is -0.443 e. The molecule has 0 aliphatic heterocycles. The fourth-order valence-corrected chi connectivity index (χ4v) is 4.62. The summed E-state index contributed by atoms with van der Waals surface area (Å²) < 4.78 is 5.59. The van der Waals surface area contributed by atoms with E-state index in [0.29, 0.717) is 17.5 Å². The third-order valence-electron chi connectivity index (χ3n) is 4.25. The summed E-state index contributed by atoms with van der Waals surface area (Å²) >= 11 is 9.23. The number of halogens is 1. The van der Waals surface area contributed by atoms with Gasteiger partial charge in [-0.15, -0.1) is 22.7 Å². The van der Waals surface area contributed by atoms with Gasteiger partial charge in [0.25, 0.3) is 0 Å². The zero-order valence-corrected chi connectivity index (χ0v) is 16.8. The Labute approximate surface area is 173 Å². The van der Waals surface area contributed by atoms with Gasteiger partial charge in [-0.3, -0.25) is 0 Å². The van der Waals surface area contributed by atoms with Crippen LogP contribution >= 0.6 is 34.3 Å². The number of anilines is 1. The van der Waals surface area contributed by atoms with Gasteiger partial charge in [-0.1, -0.05) is 29.8 Å². The molecule has 0 aliphatic carbocycles. The van der Waals surface area contributed by atoms with Crippen LogP contribution in [0.1, 0.15) is 5.69 Å². The predicted molar refractivity (Wildman–Crippen MR) is 115 cm³/mol. The second kappa shape index (κ2) is 7.35. The molecule has 28 heavy (non-hydrogen) atoms. The fourth-order valence-electron chi connectivity index (χ4n) is 2.93. The summed E-state index contributed by atoms with van der Waals surface area (Å²) in [7, 11) is 0. The van der Waals surface area contributed by atoms with E-state index in [4.69, 9.17) is 16.0 Å². The van der Waals surface area contributed by atoms with E-state index in [0.717, 1.165) is 37.7 Å². The number of oxazole rings is 1. The van der Waals surface area contributed by atoms with Crippen LogP contribution < -0.4 is 5.32 Å². The molecular formula is C20H13ClN4OS2. The van der Waals surface area contributed by atoms with Crippen LogP contribution in [0.2, 0.25) is 5.02 Å². The first-order valence-electron chi connectivity index (χ1n) is 8.48. The van der Waals surface area contributed by atoms with Crippen LogP contribution in [-0.2, 0) is 6.54 Å². The molecule has 1 N–H and O–H groups in total. The van der Waals surface area contributed by atoms with E-state index >= 15 is 0 Å². The zero-order valence-electron chi connectivity index (χ0n) is 14.4. The Morgan fingerprint density at radius 2 is 1.96 bits per heavy atom. The summed E-state index contributed by atoms with van der Waals surface area (Å²) in [6.45, 7) is 0.511. The Hall–Kier alpha value is -2.74. The molecule has 0 fully saturated rings.